The number of carbonyl (C=O) groups is 1. The number of aryl methyl sites for hydroxylation is 1. The molecule has 0 radical (unpaired) electrons. The van der Waals surface area contributed by atoms with E-state index in [2.05, 4.69) is 4.98 Å². The van der Waals surface area contributed by atoms with Crippen molar-refractivity contribution < 1.29 is 14.3 Å². The number of carboxylic acid groups (broad SMARTS) is 1. The summed E-state index contributed by atoms with van der Waals surface area (Å²) in [5, 5.41) is 9.76. The number of para-hydroxylation sites is 2. The standard InChI is InChI=1S/C20H13NO5/c1-10-6-8-11(9-7-10)14-15(20(24)25)16-19(18(23)17(14)22)26-13-5-3-2-4-12(13)21-16/h2-9,21H,1H3,(H,24,25). The first-order valence-electron chi connectivity index (χ1n) is 7.89. The Morgan fingerprint density at radius 3 is 2.38 bits per heavy atom. The third kappa shape index (κ3) is 2.31. The van der Waals surface area contributed by atoms with Crippen LogP contribution in [-0.4, -0.2) is 16.1 Å². The van der Waals surface area contributed by atoms with Crippen molar-refractivity contribution in [3.63, 3.8) is 0 Å². The molecule has 0 amide bonds. The summed E-state index contributed by atoms with van der Waals surface area (Å²) in [4.78, 5) is 40.2. The topological polar surface area (TPSA) is 100 Å². The number of H-pyrrole nitrogens is 1. The number of aromatic carboxylic acids is 1. The van der Waals surface area contributed by atoms with Crippen LogP contribution in [0.1, 0.15) is 15.9 Å². The molecule has 128 valence electrons. The molecule has 0 unspecified atom stereocenters. The minimum atomic E-state index is -1.32. The molecule has 2 aliphatic rings. The van der Waals surface area contributed by atoms with E-state index in [9.17, 15) is 19.5 Å². The number of aromatic amines is 1. The summed E-state index contributed by atoms with van der Waals surface area (Å²) in [5.74, 6) is -1.32. The van der Waals surface area contributed by atoms with Gasteiger partial charge in [-0.3, -0.25) is 9.59 Å². The number of hydrogen-bond donors (Lipinski definition) is 2. The van der Waals surface area contributed by atoms with Crippen molar-refractivity contribution in [1.82, 2.24) is 4.98 Å². The number of nitrogens with one attached hydrogen (secondary N) is 1. The molecule has 6 heteroatoms. The van der Waals surface area contributed by atoms with E-state index in [1.807, 2.05) is 6.92 Å². The Labute approximate surface area is 146 Å². The van der Waals surface area contributed by atoms with Gasteiger partial charge in [0, 0.05) is 0 Å². The predicted molar refractivity (Wildman–Crippen MR) is 95.5 cm³/mol. The van der Waals surface area contributed by atoms with Crippen molar-refractivity contribution in [2.45, 2.75) is 6.92 Å². The van der Waals surface area contributed by atoms with Crippen LogP contribution < -0.4 is 10.9 Å². The SMILES string of the molecule is Cc1ccc(-c2c(C(=O)O)c3[nH]c4ccccc4oc=3c(=O)c2=O)cc1. The van der Waals surface area contributed by atoms with Crippen LogP contribution in [0.25, 0.3) is 22.2 Å². The fourth-order valence-electron chi connectivity index (χ4n) is 3.01. The molecular formula is C20H13NO5. The van der Waals surface area contributed by atoms with Gasteiger partial charge in [0.2, 0.25) is 10.8 Å². The lowest BCUT2D eigenvalue weighted by atomic mass is 9.97. The summed E-state index contributed by atoms with van der Waals surface area (Å²) in [6, 6.07) is 13.6. The average Bonchev–Trinajstić information content (AvgIpc) is 2.64. The lowest BCUT2D eigenvalue weighted by Gasteiger charge is -2.08. The zero-order chi connectivity index (χ0) is 18.4. The summed E-state index contributed by atoms with van der Waals surface area (Å²) >= 11 is 0. The second kappa shape index (κ2) is 5.70. The van der Waals surface area contributed by atoms with Gasteiger partial charge in [-0.1, -0.05) is 42.0 Å². The van der Waals surface area contributed by atoms with Crippen LogP contribution in [0.15, 0.2) is 62.5 Å². The van der Waals surface area contributed by atoms with Crippen LogP contribution in [0, 0.1) is 17.7 Å². The summed E-state index contributed by atoms with van der Waals surface area (Å²) in [6.07, 6.45) is 0. The van der Waals surface area contributed by atoms with Crippen molar-refractivity contribution in [2.24, 2.45) is 0 Å². The highest BCUT2D eigenvalue weighted by Gasteiger charge is 2.23. The summed E-state index contributed by atoms with van der Waals surface area (Å²) in [7, 11) is 0. The van der Waals surface area contributed by atoms with E-state index in [-0.39, 0.29) is 21.9 Å². The van der Waals surface area contributed by atoms with Crippen molar-refractivity contribution >= 4 is 17.1 Å². The monoisotopic (exact) mass is 347 g/mol. The second-order valence-electron chi connectivity index (χ2n) is 6.01. The quantitative estimate of drug-likeness (QED) is 0.543. The van der Waals surface area contributed by atoms with Crippen LogP contribution in [0.5, 0.6) is 0 Å². The summed E-state index contributed by atoms with van der Waals surface area (Å²) in [6.45, 7) is 1.87. The van der Waals surface area contributed by atoms with E-state index >= 15 is 0 Å². The Morgan fingerprint density at radius 2 is 1.69 bits per heavy atom. The van der Waals surface area contributed by atoms with E-state index in [0.29, 0.717) is 16.7 Å². The van der Waals surface area contributed by atoms with E-state index in [4.69, 9.17) is 4.42 Å². The van der Waals surface area contributed by atoms with E-state index in [1.54, 1.807) is 48.5 Å². The van der Waals surface area contributed by atoms with Gasteiger partial charge < -0.3 is 14.5 Å². The molecule has 4 rings (SSSR count). The third-order valence-corrected chi connectivity index (χ3v) is 4.28. The maximum absolute atomic E-state index is 12.7. The minimum Gasteiger partial charge on any atom is -0.478 e. The Hall–Kier alpha value is -3.67. The third-order valence-electron chi connectivity index (χ3n) is 4.28. The molecule has 1 aliphatic carbocycles. The highest BCUT2D eigenvalue weighted by atomic mass is 16.4. The molecular weight excluding hydrogens is 334 g/mol. The lowest BCUT2D eigenvalue weighted by molar-refractivity contribution is 0.0695. The van der Waals surface area contributed by atoms with Crippen molar-refractivity contribution in [1.29, 1.82) is 0 Å². The summed E-state index contributed by atoms with van der Waals surface area (Å²) < 4.78 is 5.55. The summed E-state index contributed by atoms with van der Waals surface area (Å²) in [5.41, 5.74) is -0.269. The first kappa shape index (κ1) is 15.8. The van der Waals surface area contributed by atoms with Gasteiger partial charge >= 0.3 is 5.97 Å². The maximum Gasteiger partial charge on any atom is 0.338 e. The molecule has 2 aromatic carbocycles. The zero-order valence-electron chi connectivity index (χ0n) is 13.7. The van der Waals surface area contributed by atoms with Crippen LogP contribution >= 0.6 is 0 Å². The molecule has 2 N–H and O–H groups in total. The Balaban J connectivity index is 2.28. The Bertz CT molecular complexity index is 1350. The second-order valence-corrected chi connectivity index (χ2v) is 6.01. The fourth-order valence-corrected chi connectivity index (χ4v) is 3.01. The lowest BCUT2D eigenvalue weighted by Crippen LogP contribution is -2.30. The maximum atomic E-state index is 12.7. The molecule has 0 fully saturated rings. The van der Waals surface area contributed by atoms with Gasteiger partial charge in [0.25, 0.3) is 5.43 Å². The number of fused-ring (bicyclic) bond motifs is 1. The van der Waals surface area contributed by atoms with E-state index in [1.165, 1.54) is 0 Å². The largest absolute Gasteiger partial charge is 0.478 e. The number of aromatic nitrogens is 1. The van der Waals surface area contributed by atoms with Crippen LogP contribution in [0.4, 0.5) is 0 Å². The Morgan fingerprint density at radius 1 is 1.00 bits per heavy atom. The van der Waals surface area contributed by atoms with Gasteiger partial charge in [-0.2, -0.15) is 0 Å². The molecule has 6 nitrogen and oxygen atoms in total. The van der Waals surface area contributed by atoms with E-state index in [0.717, 1.165) is 5.56 Å². The van der Waals surface area contributed by atoms with Gasteiger partial charge in [-0.05, 0) is 24.6 Å². The Kier molecular flexibility index (Phi) is 3.47. The molecule has 1 aliphatic heterocycles. The molecule has 0 spiro atoms. The minimum absolute atomic E-state index is 0.00336. The number of benzene rings is 2. The molecule has 0 aromatic heterocycles. The van der Waals surface area contributed by atoms with Crippen molar-refractivity contribution in [3.05, 3.63) is 90.9 Å². The van der Waals surface area contributed by atoms with Gasteiger partial charge in [0.05, 0.1) is 16.6 Å². The normalized spacial score (nSPS) is 11.1. The predicted octanol–water partition coefficient (Wildman–Crippen LogP) is 2.88. The smallest absolute Gasteiger partial charge is 0.338 e. The van der Waals surface area contributed by atoms with Crippen molar-refractivity contribution in [2.75, 3.05) is 0 Å². The number of carboxylic acids is 1. The van der Waals surface area contributed by atoms with Gasteiger partial charge in [0.1, 0.15) is 5.35 Å². The van der Waals surface area contributed by atoms with Crippen LogP contribution in [0.3, 0.4) is 0 Å². The molecule has 26 heavy (non-hydrogen) atoms. The molecule has 0 bridgehead atoms. The highest BCUT2D eigenvalue weighted by Crippen LogP contribution is 2.22. The highest BCUT2D eigenvalue weighted by molar-refractivity contribution is 5.96. The molecule has 0 atom stereocenters. The van der Waals surface area contributed by atoms with Crippen LogP contribution in [0.2, 0.25) is 0 Å². The first-order chi connectivity index (χ1) is 12.5. The molecule has 0 saturated heterocycles. The molecule has 1 heterocycles. The number of rotatable bonds is 2. The number of hydrogen-bond acceptors (Lipinski definition) is 4. The first-order valence-corrected chi connectivity index (χ1v) is 7.89. The van der Waals surface area contributed by atoms with Gasteiger partial charge in [0.15, 0.2) is 5.58 Å². The van der Waals surface area contributed by atoms with Gasteiger partial charge in [-0.15, -0.1) is 0 Å². The average molecular weight is 347 g/mol. The van der Waals surface area contributed by atoms with Crippen LogP contribution in [-0.2, 0) is 0 Å². The van der Waals surface area contributed by atoms with Gasteiger partial charge in [-0.25, -0.2) is 4.79 Å². The van der Waals surface area contributed by atoms with E-state index < -0.39 is 16.8 Å². The fraction of sp³-hybridized carbons (Fsp3) is 0.0500. The molecule has 2 aromatic rings. The zero-order valence-corrected chi connectivity index (χ0v) is 13.7. The van der Waals surface area contributed by atoms with Crippen molar-refractivity contribution in [3.8, 4) is 11.1 Å². The molecule has 0 saturated carbocycles.